The van der Waals surface area contributed by atoms with Gasteiger partial charge in [-0.05, 0) is 44.8 Å². The van der Waals surface area contributed by atoms with Gasteiger partial charge in [0.1, 0.15) is 0 Å². The lowest BCUT2D eigenvalue weighted by atomic mass is 9.98. The van der Waals surface area contributed by atoms with Crippen LogP contribution in [0.1, 0.15) is 38.2 Å². The summed E-state index contributed by atoms with van der Waals surface area (Å²) >= 11 is 0. The number of benzene rings is 1. The van der Waals surface area contributed by atoms with Gasteiger partial charge in [0.05, 0.1) is 12.0 Å². The number of carbonyl (C=O) groups is 1. The van der Waals surface area contributed by atoms with Gasteiger partial charge in [0, 0.05) is 13.6 Å². The Morgan fingerprint density at radius 2 is 1.87 bits per heavy atom. The van der Waals surface area contributed by atoms with Gasteiger partial charge in [-0.15, -0.1) is 0 Å². The maximum atomic E-state index is 12.6. The van der Waals surface area contributed by atoms with E-state index in [0.29, 0.717) is 5.91 Å². The maximum Gasteiger partial charge on any atom is 0.227 e. The predicted molar refractivity (Wildman–Crippen MR) is 95.0 cm³/mol. The highest BCUT2D eigenvalue weighted by molar-refractivity contribution is 5.82. The summed E-state index contributed by atoms with van der Waals surface area (Å²) in [6, 6.07) is 10.6. The van der Waals surface area contributed by atoms with Gasteiger partial charge in [0.15, 0.2) is 0 Å². The van der Waals surface area contributed by atoms with Crippen molar-refractivity contribution in [1.82, 2.24) is 9.80 Å². The number of likely N-dealkylation sites (N-methyl/N-ethyl adjacent to an activating group) is 1. The van der Waals surface area contributed by atoms with Crippen molar-refractivity contribution in [1.29, 1.82) is 0 Å². The molecule has 0 saturated carbocycles. The van der Waals surface area contributed by atoms with E-state index in [1.165, 1.54) is 30.4 Å². The van der Waals surface area contributed by atoms with Crippen molar-refractivity contribution in [2.75, 3.05) is 26.7 Å². The van der Waals surface area contributed by atoms with Crippen LogP contribution in [0.15, 0.2) is 35.9 Å². The average Bonchev–Trinajstić information content (AvgIpc) is 2.85. The molecule has 2 aliphatic heterocycles. The van der Waals surface area contributed by atoms with Crippen molar-refractivity contribution in [3.8, 4) is 0 Å². The molecule has 2 saturated heterocycles. The van der Waals surface area contributed by atoms with Gasteiger partial charge >= 0.3 is 0 Å². The molecule has 3 nitrogen and oxygen atoms in total. The summed E-state index contributed by atoms with van der Waals surface area (Å²) in [4.78, 5) is 17.1. The maximum absolute atomic E-state index is 12.6. The van der Waals surface area contributed by atoms with E-state index >= 15 is 0 Å². The first kappa shape index (κ1) is 16.3. The first-order valence-corrected chi connectivity index (χ1v) is 8.87. The summed E-state index contributed by atoms with van der Waals surface area (Å²) in [6.45, 7) is 5.43. The fourth-order valence-electron chi connectivity index (χ4n) is 3.98. The van der Waals surface area contributed by atoms with Gasteiger partial charge in [0.2, 0.25) is 5.91 Å². The first-order chi connectivity index (χ1) is 11.1. The van der Waals surface area contributed by atoms with E-state index in [9.17, 15) is 4.79 Å². The summed E-state index contributed by atoms with van der Waals surface area (Å²) in [5.74, 6) is 0.489. The summed E-state index contributed by atoms with van der Waals surface area (Å²) in [5.41, 5.74) is 2.50. The van der Waals surface area contributed by atoms with Gasteiger partial charge in [-0.2, -0.15) is 0 Å². The smallest absolute Gasteiger partial charge is 0.227 e. The lowest BCUT2D eigenvalue weighted by Gasteiger charge is -2.28. The van der Waals surface area contributed by atoms with Crippen LogP contribution >= 0.6 is 0 Å². The Balaban J connectivity index is 1.66. The Morgan fingerprint density at radius 1 is 1.17 bits per heavy atom. The Hall–Kier alpha value is -1.61. The van der Waals surface area contributed by atoms with Crippen LogP contribution in [0.2, 0.25) is 0 Å². The number of hydrogen-bond donors (Lipinski definition) is 0. The van der Waals surface area contributed by atoms with Gasteiger partial charge < -0.3 is 9.80 Å². The number of carbonyl (C=O) groups excluding carboxylic acids is 1. The van der Waals surface area contributed by atoms with E-state index < -0.39 is 0 Å². The minimum Gasteiger partial charge on any atom is -0.339 e. The van der Waals surface area contributed by atoms with Crippen molar-refractivity contribution in [3.05, 3.63) is 41.5 Å². The molecule has 1 aromatic carbocycles. The van der Waals surface area contributed by atoms with Crippen molar-refractivity contribution in [3.63, 3.8) is 0 Å². The normalized spacial score (nSPS) is 26.8. The number of amides is 1. The highest BCUT2D eigenvalue weighted by Gasteiger charge is 2.38. The van der Waals surface area contributed by atoms with Crippen molar-refractivity contribution in [2.24, 2.45) is 5.92 Å². The van der Waals surface area contributed by atoms with Crippen LogP contribution in [0, 0.1) is 5.92 Å². The van der Waals surface area contributed by atoms with Gasteiger partial charge in [0.25, 0.3) is 0 Å². The minimum atomic E-state index is 0.169. The van der Waals surface area contributed by atoms with Gasteiger partial charge in [-0.3, -0.25) is 4.79 Å². The third-order valence-corrected chi connectivity index (χ3v) is 5.32. The van der Waals surface area contributed by atoms with Crippen LogP contribution in [0.5, 0.6) is 0 Å². The summed E-state index contributed by atoms with van der Waals surface area (Å²) in [6.07, 6.45) is 7.09. The van der Waals surface area contributed by atoms with E-state index in [1.807, 2.05) is 18.0 Å². The highest BCUT2D eigenvalue weighted by Crippen LogP contribution is 2.30. The van der Waals surface area contributed by atoms with E-state index in [0.717, 1.165) is 26.1 Å². The molecule has 2 aliphatic rings. The van der Waals surface area contributed by atoms with Crippen molar-refractivity contribution < 1.29 is 4.79 Å². The molecule has 0 aromatic heterocycles. The zero-order chi connectivity index (χ0) is 16.2. The van der Waals surface area contributed by atoms with Crippen LogP contribution in [0.3, 0.4) is 0 Å². The molecule has 23 heavy (non-hydrogen) atoms. The summed E-state index contributed by atoms with van der Waals surface area (Å²) < 4.78 is 0. The predicted octanol–water partition coefficient (Wildman–Crippen LogP) is 3.42. The molecule has 1 amide bonds. The molecule has 0 spiro atoms. The Labute approximate surface area is 140 Å². The molecule has 2 fully saturated rings. The van der Waals surface area contributed by atoms with Gasteiger partial charge in [-0.1, -0.05) is 48.4 Å². The number of likely N-dealkylation sites (tertiary alicyclic amines) is 2. The Kier molecular flexibility index (Phi) is 5.16. The monoisotopic (exact) mass is 312 g/mol. The molecule has 0 unspecified atom stereocenters. The largest absolute Gasteiger partial charge is 0.339 e. The quantitative estimate of drug-likeness (QED) is 0.850. The third kappa shape index (κ3) is 3.84. The highest BCUT2D eigenvalue weighted by atomic mass is 16.2. The van der Waals surface area contributed by atoms with Crippen LogP contribution in [0.25, 0.3) is 6.08 Å². The molecule has 2 atom stereocenters. The average molecular weight is 312 g/mol. The molecular formula is C20H28N2O. The minimum absolute atomic E-state index is 0.169. The van der Waals surface area contributed by atoms with E-state index in [2.05, 4.69) is 42.2 Å². The van der Waals surface area contributed by atoms with Crippen molar-refractivity contribution in [2.45, 2.75) is 38.6 Å². The topological polar surface area (TPSA) is 23.6 Å². The molecule has 1 aromatic rings. The second-order valence-electron chi connectivity index (χ2n) is 7.06. The van der Waals surface area contributed by atoms with Crippen LogP contribution < -0.4 is 0 Å². The van der Waals surface area contributed by atoms with Crippen LogP contribution in [-0.2, 0) is 4.79 Å². The zero-order valence-electron chi connectivity index (χ0n) is 14.4. The molecule has 3 heteroatoms. The number of hydrogen-bond acceptors (Lipinski definition) is 2. The van der Waals surface area contributed by atoms with E-state index in [-0.39, 0.29) is 12.0 Å². The first-order valence-electron chi connectivity index (χ1n) is 8.87. The number of rotatable bonds is 4. The molecule has 0 bridgehead atoms. The lowest BCUT2D eigenvalue weighted by molar-refractivity contribution is -0.131. The Bertz CT molecular complexity index is 560. The van der Waals surface area contributed by atoms with Gasteiger partial charge in [-0.25, -0.2) is 0 Å². The molecule has 0 aliphatic carbocycles. The molecule has 0 radical (unpaired) electrons. The Morgan fingerprint density at radius 3 is 2.57 bits per heavy atom. The third-order valence-electron chi connectivity index (χ3n) is 5.32. The molecule has 2 heterocycles. The van der Waals surface area contributed by atoms with E-state index in [1.54, 1.807) is 0 Å². The van der Waals surface area contributed by atoms with Crippen molar-refractivity contribution >= 4 is 12.0 Å². The molecule has 124 valence electrons. The molecular weight excluding hydrogens is 284 g/mol. The van der Waals surface area contributed by atoms with Crippen LogP contribution in [0.4, 0.5) is 0 Å². The summed E-state index contributed by atoms with van der Waals surface area (Å²) in [5, 5.41) is 0. The molecule has 3 rings (SSSR count). The fourth-order valence-corrected chi connectivity index (χ4v) is 3.98. The summed E-state index contributed by atoms with van der Waals surface area (Å²) in [7, 11) is 1.96. The zero-order valence-corrected chi connectivity index (χ0v) is 14.4. The van der Waals surface area contributed by atoms with E-state index in [4.69, 9.17) is 0 Å². The molecule has 0 N–H and O–H groups in total. The number of piperidine rings is 1. The second kappa shape index (κ2) is 7.31. The number of nitrogens with zero attached hydrogens (tertiary/aromatic N) is 2. The second-order valence-corrected chi connectivity index (χ2v) is 7.06. The fraction of sp³-hybridized carbons (Fsp3) is 0.550. The lowest BCUT2D eigenvalue weighted by Crippen LogP contribution is -2.37. The SMILES string of the molecule is C/C(=C\c1ccccc1)[C@H]1C[C@@H](CN2CCCCC2)C(=O)N1C. The van der Waals surface area contributed by atoms with Crippen LogP contribution in [-0.4, -0.2) is 48.4 Å². The standard InChI is InChI=1S/C20H28N2O/c1-16(13-17-9-5-3-6-10-17)19-14-18(20(23)21(19)2)15-22-11-7-4-8-12-22/h3,5-6,9-10,13,18-19H,4,7-8,11-12,14-15H2,1-2H3/b16-13+/t18-,19+/m0/s1.